The van der Waals surface area contributed by atoms with E-state index in [-0.39, 0.29) is 0 Å². The molecule has 0 atom stereocenters. The monoisotopic (exact) mass is 305 g/mol. The molecule has 0 saturated heterocycles. The van der Waals surface area contributed by atoms with Gasteiger partial charge in [-0.15, -0.1) is 11.3 Å². The molecule has 0 unspecified atom stereocenters. The van der Waals surface area contributed by atoms with E-state index in [0.717, 1.165) is 25.2 Å². The van der Waals surface area contributed by atoms with Gasteiger partial charge in [0.05, 0.1) is 7.11 Å². The summed E-state index contributed by atoms with van der Waals surface area (Å²) in [5, 5.41) is 2.16. The minimum atomic E-state index is 0.420. The van der Waals surface area contributed by atoms with E-state index in [1.807, 2.05) is 23.7 Å². The van der Waals surface area contributed by atoms with Crippen LogP contribution in [-0.2, 0) is 13.1 Å². The molecule has 5 heteroatoms. The van der Waals surface area contributed by atoms with Crippen molar-refractivity contribution in [3.63, 3.8) is 0 Å². The number of thiophene rings is 1. The second kappa shape index (κ2) is 7.52. The van der Waals surface area contributed by atoms with E-state index in [0.29, 0.717) is 11.9 Å². The molecular formula is C16H23N3OS. The second-order valence-corrected chi connectivity index (χ2v) is 6.67. The van der Waals surface area contributed by atoms with Crippen LogP contribution in [0.5, 0.6) is 6.01 Å². The summed E-state index contributed by atoms with van der Waals surface area (Å²) in [6, 6.07) is 2.60. The SMILES string of the molecule is COc1ncc(CN(Cc2sccc2C)CC(C)C)cn1. The highest BCUT2D eigenvalue weighted by molar-refractivity contribution is 7.10. The smallest absolute Gasteiger partial charge is 0.316 e. The van der Waals surface area contributed by atoms with Gasteiger partial charge in [0.15, 0.2) is 0 Å². The molecule has 0 saturated carbocycles. The molecular weight excluding hydrogens is 282 g/mol. The molecule has 0 bridgehead atoms. The van der Waals surface area contributed by atoms with Crippen LogP contribution in [0, 0.1) is 12.8 Å². The van der Waals surface area contributed by atoms with Crippen LogP contribution in [0.15, 0.2) is 23.8 Å². The van der Waals surface area contributed by atoms with Gasteiger partial charge >= 0.3 is 6.01 Å². The Kier molecular flexibility index (Phi) is 5.70. The molecule has 114 valence electrons. The van der Waals surface area contributed by atoms with Crippen molar-refractivity contribution in [2.75, 3.05) is 13.7 Å². The van der Waals surface area contributed by atoms with E-state index >= 15 is 0 Å². The van der Waals surface area contributed by atoms with Crippen LogP contribution in [0.1, 0.15) is 29.9 Å². The Labute approximate surface area is 130 Å². The van der Waals surface area contributed by atoms with Gasteiger partial charge in [-0.05, 0) is 29.9 Å². The van der Waals surface area contributed by atoms with Crippen LogP contribution >= 0.6 is 11.3 Å². The van der Waals surface area contributed by atoms with Crippen molar-refractivity contribution in [1.29, 1.82) is 0 Å². The van der Waals surface area contributed by atoms with Crippen LogP contribution in [0.25, 0.3) is 0 Å². The summed E-state index contributed by atoms with van der Waals surface area (Å²) in [6.07, 6.45) is 3.70. The van der Waals surface area contributed by atoms with Gasteiger partial charge in [0.2, 0.25) is 0 Å². The molecule has 0 amide bonds. The van der Waals surface area contributed by atoms with E-state index in [4.69, 9.17) is 4.74 Å². The van der Waals surface area contributed by atoms with Crippen molar-refractivity contribution in [3.05, 3.63) is 39.8 Å². The number of hydrogen-bond donors (Lipinski definition) is 0. The van der Waals surface area contributed by atoms with Gasteiger partial charge in [0, 0.05) is 42.5 Å². The van der Waals surface area contributed by atoms with Crippen molar-refractivity contribution in [3.8, 4) is 6.01 Å². The predicted molar refractivity (Wildman–Crippen MR) is 86.6 cm³/mol. The number of ether oxygens (including phenoxy) is 1. The number of methoxy groups -OCH3 is 1. The molecule has 0 N–H and O–H groups in total. The molecule has 2 rings (SSSR count). The van der Waals surface area contributed by atoms with E-state index in [1.165, 1.54) is 10.4 Å². The number of rotatable bonds is 7. The van der Waals surface area contributed by atoms with Gasteiger partial charge < -0.3 is 4.74 Å². The first-order valence-electron chi connectivity index (χ1n) is 7.18. The standard InChI is InChI=1S/C16H23N3OS/c1-12(2)9-19(11-15-13(3)5-6-21-15)10-14-7-17-16(20-4)18-8-14/h5-8,12H,9-11H2,1-4H3. The third kappa shape index (κ3) is 4.79. The van der Waals surface area contributed by atoms with Crippen LogP contribution in [0.3, 0.4) is 0 Å². The molecule has 0 radical (unpaired) electrons. The fourth-order valence-corrected chi connectivity index (χ4v) is 3.21. The summed E-state index contributed by atoms with van der Waals surface area (Å²) >= 11 is 1.83. The zero-order valence-corrected chi connectivity index (χ0v) is 14.0. The first-order valence-corrected chi connectivity index (χ1v) is 8.06. The fraction of sp³-hybridized carbons (Fsp3) is 0.500. The van der Waals surface area contributed by atoms with Crippen molar-refractivity contribution in [2.24, 2.45) is 5.92 Å². The minimum Gasteiger partial charge on any atom is -0.467 e. The second-order valence-electron chi connectivity index (χ2n) is 5.67. The van der Waals surface area contributed by atoms with Gasteiger partial charge in [-0.3, -0.25) is 4.90 Å². The average molecular weight is 305 g/mol. The Balaban J connectivity index is 2.06. The number of aryl methyl sites for hydroxylation is 1. The van der Waals surface area contributed by atoms with Crippen LogP contribution in [0.2, 0.25) is 0 Å². The zero-order valence-electron chi connectivity index (χ0n) is 13.2. The van der Waals surface area contributed by atoms with E-state index < -0.39 is 0 Å². The predicted octanol–water partition coefficient (Wildman–Crippen LogP) is 3.51. The maximum atomic E-state index is 5.01. The van der Waals surface area contributed by atoms with Crippen LogP contribution in [0.4, 0.5) is 0 Å². The van der Waals surface area contributed by atoms with Crippen LogP contribution in [-0.4, -0.2) is 28.5 Å². The van der Waals surface area contributed by atoms with Gasteiger partial charge in [-0.1, -0.05) is 13.8 Å². The quantitative estimate of drug-likeness (QED) is 0.784. The summed E-state index contributed by atoms with van der Waals surface area (Å²) in [6.45, 7) is 9.57. The third-order valence-corrected chi connectivity index (χ3v) is 4.24. The van der Waals surface area contributed by atoms with Gasteiger partial charge in [-0.25, -0.2) is 9.97 Å². The molecule has 0 aliphatic heterocycles. The Morgan fingerprint density at radius 1 is 1.24 bits per heavy atom. The highest BCUT2D eigenvalue weighted by atomic mass is 32.1. The minimum absolute atomic E-state index is 0.420. The van der Waals surface area contributed by atoms with Crippen LogP contribution < -0.4 is 4.74 Å². The maximum absolute atomic E-state index is 5.01. The van der Waals surface area contributed by atoms with Gasteiger partial charge in [0.25, 0.3) is 0 Å². The maximum Gasteiger partial charge on any atom is 0.316 e. The third-order valence-electron chi connectivity index (χ3n) is 3.23. The molecule has 0 spiro atoms. The fourth-order valence-electron chi connectivity index (χ4n) is 2.26. The van der Waals surface area contributed by atoms with E-state index in [9.17, 15) is 0 Å². The normalized spacial score (nSPS) is 11.3. The highest BCUT2D eigenvalue weighted by Crippen LogP contribution is 2.20. The largest absolute Gasteiger partial charge is 0.467 e. The van der Waals surface area contributed by atoms with Crippen molar-refractivity contribution in [2.45, 2.75) is 33.9 Å². The summed E-state index contributed by atoms with van der Waals surface area (Å²) in [5.41, 5.74) is 2.49. The van der Waals surface area contributed by atoms with Crippen molar-refractivity contribution < 1.29 is 4.74 Å². The molecule has 0 fully saturated rings. The lowest BCUT2D eigenvalue weighted by Gasteiger charge is -2.24. The number of aromatic nitrogens is 2. The highest BCUT2D eigenvalue weighted by Gasteiger charge is 2.12. The van der Waals surface area contributed by atoms with Crippen molar-refractivity contribution in [1.82, 2.24) is 14.9 Å². The molecule has 0 aromatic carbocycles. The number of hydrogen-bond acceptors (Lipinski definition) is 5. The lowest BCUT2D eigenvalue weighted by Crippen LogP contribution is -2.27. The Morgan fingerprint density at radius 2 is 1.95 bits per heavy atom. The molecule has 0 aliphatic rings. The molecule has 21 heavy (non-hydrogen) atoms. The Morgan fingerprint density at radius 3 is 2.48 bits per heavy atom. The molecule has 0 aliphatic carbocycles. The Hall–Kier alpha value is -1.46. The topological polar surface area (TPSA) is 38.2 Å². The van der Waals surface area contributed by atoms with Crippen molar-refractivity contribution >= 4 is 11.3 Å². The zero-order chi connectivity index (χ0) is 15.2. The molecule has 2 heterocycles. The molecule has 4 nitrogen and oxygen atoms in total. The van der Waals surface area contributed by atoms with E-state index in [2.05, 4.69) is 47.1 Å². The lowest BCUT2D eigenvalue weighted by molar-refractivity contribution is 0.228. The summed E-state index contributed by atoms with van der Waals surface area (Å²) in [7, 11) is 1.58. The molecule has 2 aromatic heterocycles. The average Bonchev–Trinajstić information content (AvgIpc) is 2.84. The Bertz CT molecular complexity index is 551. The van der Waals surface area contributed by atoms with Gasteiger partial charge in [0.1, 0.15) is 0 Å². The summed E-state index contributed by atoms with van der Waals surface area (Å²) in [5.74, 6) is 0.629. The lowest BCUT2D eigenvalue weighted by atomic mass is 10.2. The van der Waals surface area contributed by atoms with Gasteiger partial charge in [-0.2, -0.15) is 0 Å². The first-order chi connectivity index (χ1) is 10.1. The summed E-state index contributed by atoms with van der Waals surface area (Å²) in [4.78, 5) is 12.3. The summed E-state index contributed by atoms with van der Waals surface area (Å²) < 4.78 is 5.01. The number of nitrogens with zero attached hydrogens (tertiary/aromatic N) is 3. The van der Waals surface area contributed by atoms with E-state index in [1.54, 1.807) is 7.11 Å². The first kappa shape index (κ1) is 15.9. The molecule has 2 aromatic rings.